The summed E-state index contributed by atoms with van der Waals surface area (Å²) in [5, 5.41) is 18.8. The summed E-state index contributed by atoms with van der Waals surface area (Å²) in [7, 11) is 0. The number of hydrogen-bond donors (Lipinski definition) is 2. The van der Waals surface area contributed by atoms with Gasteiger partial charge in [-0.15, -0.1) is 0 Å². The molecule has 2 aliphatic heterocycles. The van der Waals surface area contributed by atoms with Crippen molar-refractivity contribution in [2.45, 2.75) is 58.3 Å². The van der Waals surface area contributed by atoms with Crippen molar-refractivity contribution in [3.8, 4) is 0 Å². The van der Waals surface area contributed by atoms with Crippen LogP contribution in [0.3, 0.4) is 0 Å². The molecule has 0 radical (unpaired) electrons. The van der Waals surface area contributed by atoms with E-state index in [1.807, 2.05) is 0 Å². The summed E-state index contributed by atoms with van der Waals surface area (Å²) in [4.78, 5) is 38.8. The zero-order chi connectivity index (χ0) is 18.3. The van der Waals surface area contributed by atoms with Crippen molar-refractivity contribution in [1.29, 1.82) is 0 Å². The van der Waals surface area contributed by atoms with E-state index in [0.717, 1.165) is 0 Å². The average molecular weight is 342 g/mol. The van der Waals surface area contributed by atoms with Crippen LogP contribution in [0.25, 0.3) is 0 Å². The van der Waals surface area contributed by atoms with E-state index < -0.39 is 35.2 Å². The van der Waals surface area contributed by atoms with Crippen LogP contribution in [0, 0.1) is 5.41 Å². The molecule has 3 atom stereocenters. The second-order valence-corrected chi connectivity index (χ2v) is 7.74. The molecule has 2 N–H and O–H groups in total. The van der Waals surface area contributed by atoms with Crippen molar-refractivity contribution in [3.63, 3.8) is 0 Å². The molecule has 0 saturated carbocycles. The van der Waals surface area contributed by atoms with Gasteiger partial charge in [-0.05, 0) is 40.5 Å². The highest BCUT2D eigenvalue weighted by atomic mass is 16.6. The number of carboxylic acids is 1. The maximum absolute atomic E-state index is 12.6. The quantitative estimate of drug-likeness (QED) is 0.730. The Bertz CT molecular complexity index is 541. The number of rotatable bonds is 3. The maximum atomic E-state index is 12.6. The first-order valence-electron chi connectivity index (χ1n) is 8.17. The van der Waals surface area contributed by atoms with E-state index in [0.29, 0.717) is 19.4 Å². The number of carboxylic acid groups (broad SMARTS) is 1. The summed E-state index contributed by atoms with van der Waals surface area (Å²) < 4.78 is 5.35. The molecule has 24 heavy (non-hydrogen) atoms. The zero-order valence-electron chi connectivity index (χ0n) is 14.6. The molecular weight excluding hydrogens is 316 g/mol. The molecule has 8 nitrogen and oxygen atoms in total. The van der Waals surface area contributed by atoms with Crippen molar-refractivity contribution >= 4 is 18.0 Å². The molecule has 2 saturated heterocycles. The monoisotopic (exact) mass is 342 g/mol. The lowest BCUT2D eigenvalue weighted by Gasteiger charge is -2.54. The van der Waals surface area contributed by atoms with Gasteiger partial charge >= 0.3 is 12.1 Å². The van der Waals surface area contributed by atoms with Crippen LogP contribution in [0.4, 0.5) is 4.79 Å². The van der Waals surface area contributed by atoms with Gasteiger partial charge in [0, 0.05) is 19.6 Å². The van der Waals surface area contributed by atoms with Gasteiger partial charge in [-0.3, -0.25) is 4.79 Å². The Labute approximate surface area is 141 Å². The van der Waals surface area contributed by atoms with Crippen molar-refractivity contribution in [1.82, 2.24) is 9.80 Å². The van der Waals surface area contributed by atoms with Gasteiger partial charge in [0.2, 0.25) is 5.91 Å². The minimum atomic E-state index is -1.25. The largest absolute Gasteiger partial charge is 0.480 e. The van der Waals surface area contributed by atoms with E-state index in [2.05, 4.69) is 0 Å². The first-order valence-corrected chi connectivity index (χ1v) is 8.17. The Morgan fingerprint density at radius 1 is 1.29 bits per heavy atom. The Morgan fingerprint density at radius 3 is 2.38 bits per heavy atom. The molecule has 2 amide bonds. The summed E-state index contributed by atoms with van der Waals surface area (Å²) in [6.45, 7) is 7.66. The molecule has 136 valence electrons. The fourth-order valence-corrected chi connectivity index (χ4v) is 3.42. The lowest BCUT2D eigenvalue weighted by atomic mass is 9.71. The topological polar surface area (TPSA) is 107 Å². The van der Waals surface area contributed by atoms with Crippen LogP contribution < -0.4 is 0 Å². The molecule has 2 aliphatic rings. The molecule has 8 heteroatoms. The Hall–Kier alpha value is -1.83. The number of β-lactam (4-membered cyclic amide) rings is 1. The van der Waals surface area contributed by atoms with Crippen LogP contribution >= 0.6 is 0 Å². The molecule has 1 unspecified atom stereocenters. The van der Waals surface area contributed by atoms with Crippen molar-refractivity contribution in [2.24, 2.45) is 5.41 Å². The first-order chi connectivity index (χ1) is 11.0. The summed E-state index contributed by atoms with van der Waals surface area (Å²) in [5.41, 5.74) is -1.37. The third-order valence-electron chi connectivity index (χ3n) is 4.46. The van der Waals surface area contributed by atoms with Gasteiger partial charge < -0.3 is 24.7 Å². The SMILES string of the molecule is C[C@@H](O)[C@@H](C(=O)O)N1CC2(CCCN(C(=O)OC(C)(C)C)C2)C1=O. The number of carbonyl (C=O) groups excluding carboxylic acids is 2. The molecular formula is C16H26N2O6. The lowest BCUT2D eigenvalue weighted by molar-refractivity contribution is -0.181. The summed E-state index contributed by atoms with van der Waals surface area (Å²) in [5.74, 6) is -1.54. The van der Waals surface area contributed by atoms with Crippen LogP contribution in [-0.4, -0.2) is 75.4 Å². The van der Waals surface area contributed by atoms with Crippen LogP contribution in [0.15, 0.2) is 0 Å². The lowest BCUT2D eigenvalue weighted by Crippen LogP contribution is -2.72. The van der Waals surface area contributed by atoms with E-state index in [1.165, 1.54) is 16.7 Å². The molecule has 2 heterocycles. The van der Waals surface area contributed by atoms with Gasteiger partial charge in [0.15, 0.2) is 6.04 Å². The number of hydrogen-bond acceptors (Lipinski definition) is 5. The van der Waals surface area contributed by atoms with E-state index in [1.54, 1.807) is 20.8 Å². The minimum Gasteiger partial charge on any atom is -0.480 e. The second kappa shape index (κ2) is 6.23. The molecule has 2 fully saturated rings. The summed E-state index contributed by atoms with van der Waals surface area (Å²) >= 11 is 0. The molecule has 0 aromatic carbocycles. The molecule has 0 aromatic rings. The van der Waals surface area contributed by atoms with Gasteiger partial charge in [-0.1, -0.05) is 0 Å². The number of nitrogens with zero attached hydrogens (tertiary/aromatic N) is 2. The maximum Gasteiger partial charge on any atom is 0.410 e. The molecule has 0 aliphatic carbocycles. The second-order valence-electron chi connectivity index (χ2n) is 7.74. The number of carbonyl (C=O) groups is 3. The smallest absolute Gasteiger partial charge is 0.410 e. The van der Waals surface area contributed by atoms with Crippen LogP contribution in [-0.2, 0) is 14.3 Å². The van der Waals surface area contributed by atoms with Gasteiger partial charge in [-0.25, -0.2) is 9.59 Å². The number of aliphatic carboxylic acids is 1. The molecule has 2 rings (SSSR count). The fraction of sp³-hybridized carbons (Fsp3) is 0.812. The van der Waals surface area contributed by atoms with Gasteiger partial charge in [-0.2, -0.15) is 0 Å². The number of aliphatic hydroxyl groups excluding tert-OH is 1. The summed E-state index contributed by atoms with van der Waals surface area (Å²) in [6.07, 6.45) is -0.355. The Balaban J connectivity index is 2.06. The predicted molar refractivity (Wildman–Crippen MR) is 84.3 cm³/mol. The first kappa shape index (κ1) is 18.5. The minimum absolute atomic E-state index is 0.226. The normalized spacial score (nSPS) is 26.8. The number of ether oxygens (including phenoxy) is 1. The van der Waals surface area contributed by atoms with Crippen molar-refractivity contribution in [2.75, 3.05) is 19.6 Å². The molecule has 0 bridgehead atoms. The number of likely N-dealkylation sites (tertiary alicyclic amines) is 2. The van der Waals surface area contributed by atoms with Crippen molar-refractivity contribution in [3.05, 3.63) is 0 Å². The highest BCUT2D eigenvalue weighted by Crippen LogP contribution is 2.42. The number of aliphatic hydroxyl groups is 1. The van der Waals surface area contributed by atoms with Crippen LogP contribution in [0.5, 0.6) is 0 Å². The van der Waals surface area contributed by atoms with Crippen LogP contribution in [0.1, 0.15) is 40.5 Å². The standard InChI is InChI=1S/C16H26N2O6/c1-10(19)11(12(20)21)18-9-16(13(18)22)6-5-7-17(8-16)14(23)24-15(2,3)4/h10-11,19H,5-9H2,1-4H3,(H,20,21)/t10-,11+,16?/m1/s1. The Morgan fingerprint density at radius 2 is 1.92 bits per heavy atom. The molecule has 1 spiro atoms. The predicted octanol–water partition coefficient (Wildman–Crippen LogP) is 0.680. The van der Waals surface area contributed by atoms with E-state index in [-0.39, 0.29) is 19.0 Å². The van der Waals surface area contributed by atoms with Crippen molar-refractivity contribution < 1.29 is 29.3 Å². The van der Waals surface area contributed by atoms with Gasteiger partial charge in [0.1, 0.15) is 5.60 Å². The van der Waals surface area contributed by atoms with Gasteiger partial charge in [0.05, 0.1) is 11.5 Å². The number of piperidine rings is 1. The average Bonchev–Trinajstić information content (AvgIpc) is 2.44. The third kappa shape index (κ3) is 3.48. The number of amides is 2. The summed E-state index contributed by atoms with van der Waals surface area (Å²) in [6, 6.07) is -1.25. The van der Waals surface area contributed by atoms with Crippen LogP contribution in [0.2, 0.25) is 0 Å². The third-order valence-corrected chi connectivity index (χ3v) is 4.46. The molecule has 0 aromatic heterocycles. The van der Waals surface area contributed by atoms with E-state index in [4.69, 9.17) is 4.74 Å². The highest BCUT2D eigenvalue weighted by Gasteiger charge is 2.58. The van der Waals surface area contributed by atoms with E-state index in [9.17, 15) is 24.6 Å². The Kier molecular flexibility index (Phi) is 4.81. The highest BCUT2D eigenvalue weighted by molar-refractivity contribution is 5.93. The van der Waals surface area contributed by atoms with Gasteiger partial charge in [0.25, 0.3) is 0 Å². The fourth-order valence-electron chi connectivity index (χ4n) is 3.42. The zero-order valence-corrected chi connectivity index (χ0v) is 14.6. The van der Waals surface area contributed by atoms with E-state index >= 15 is 0 Å².